The molecular weight excluding hydrogens is 863 g/mol. The number of carbonyl (C=O) groups excluding carboxylic acids is 2. The number of hydrogen-bond donors (Lipinski definition) is 0. The molecule has 0 aliphatic rings. The number of nitro groups is 2. The molecule has 0 radical (unpaired) electrons. The number of fused-ring (bicyclic) bond motifs is 2. The molecule has 6 rings (SSSR count). The molecule has 0 saturated carbocycles. The molecule has 0 fully saturated rings. The van der Waals surface area contributed by atoms with Gasteiger partial charge in [-0.1, -0.05) is 46.9 Å². The summed E-state index contributed by atoms with van der Waals surface area (Å²) < 4.78 is 31.8. The van der Waals surface area contributed by atoms with E-state index in [9.17, 15) is 35.0 Å². The molecular formula is C41H37Cl3N4O13. The maximum absolute atomic E-state index is 11.9. The first kappa shape index (κ1) is 47.0. The minimum Gasteiger partial charge on any atom is -0.618 e. The zero-order chi connectivity index (χ0) is 44.6. The van der Waals surface area contributed by atoms with E-state index in [0.29, 0.717) is 50.6 Å². The first-order chi connectivity index (χ1) is 29.2. The Bertz CT molecular complexity index is 2520. The summed E-state index contributed by atoms with van der Waals surface area (Å²) in [7, 11) is 2.88. The smallest absolute Gasteiger partial charge is 0.325 e. The van der Waals surface area contributed by atoms with Crippen LogP contribution in [0.1, 0.15) is 25.0 Å². The molecule has 20 heteroatoms. The Hall–Kier alpha value is -6.69. The summed E-state index contributed by atoms with van der Waals surface area (Å²) in [6, 6.07) is 21.8. The monoisotopic (exact) mass is 898 g/mol. The van der Waals surface area contributed by atoms with E-state index in [1.807, 2.05) is 0 Å². The number of nitro benzene ring substituents is 2. The van der Waals surface area contributed by atoms with Gasteiger partial charge in [0.05, 0.1) is 61.0 Å². The molecule has 2 aromatic heterocycles. The zero-order valence-electron chi connectivity index (χ0n) is 32.9. The molecule has 2 heterocycles. The Morgan fingerprint density at radius 3 is 1.61 bits per heavy atom. The lowest BCUT2D eigenvalue weighted by molar-refractivity contribution is -0.577. The Balaban J connectivity index is 0.000000247. The van der Waals surface area contributed by atoms with Crippen molar-refractivity contribution in [1.29, 1.82) is 0 Å². The van der Waals surface area contributed by atoms with Crippen molar-refractivity contribution in [2.75, 3.05) is 27.4 Å². The maximum Gasteiger partial charge on any atom is 0.325 e. The van der Waals surface area contributed by atoms with Gasteiger partial charge in [-0.05, 0) is 85.6 Å². The maximum atomic E-state index is 11.9. The molecule has 17 nitrogen and oxygen atoms in total. The number of halogens is 3. The van der Waals surface area contributed by atoms with Crippen LogP contribution in [-0.4, -0.2) is 58.5 Å². The van der Waals surface area contributed by atoms with Gasteiger partial charge in [0.25, 0.3) is 0 Å². The van der Waals surface area contributed by atoms with Crippen LogP contribution in [0.5, 0.6) is 34.5 Å². The number of esters is 2. The predicted molar refractivity (Wildman–Crippen MR) is 226 cm³/mol. The summed E-state index contributed by atoms with van der Waals surface area (Å²) in [5.74, 6) is 0.479. The summed E-state index contributed by atoms with van der Waals surface area (Å²) in [5, 5.41) is 35.7. The van der Waals surface area contributed by atoms with Gasteiger partial charge in [0.1, 0.15) is 5.39 Å². The molecule has 0 saturated heterocycles. The van der Waals surface area contributed by atoms with Gasteiger partial charge in [-0.15, -0.1) is 0 Å². The van der Waals surface area contributed by atoms with E-state index in [1.165, 1.54) is 50.7 Å². The predicted octanol–water partition coefficient (Wildman–Crippen LogP) is 9.32. The Morgan fingerprint density at radius 2 is 1.13 bits per heavy atom. The minimum absolute atomic E-state index is 0.0369. The van der Waals surface area contributed by atoms with Crippen LogP contribution in [0.4, 0.5) is 11.4 Å². The highest BCUT2D eigenvalue weighted by Crippen LogP contribution is 2.41. The summed E-state index contributed by atoms with van der Waals surface area (Å²) in [4.78, 5) is 49.6. The van der Waals surface area contributed by atoms with Gasteiger partial charge in [-0.3, -0.25) is 34.8 Å². The molecule has 0 spiro atoms. The number of carbonyl (C=O) groups is 2. The second-order valence-corrected chi connectivity index (χ2v) is 14.0. The van der Waals surface area contributed by atoms with Gasteiger partial charge < -0.3 is 33.6 Å². The molecule has 0 bridgehead atoms. The number of alkyl halides is 3. The highest BCUT2D eigenvalue weighted by Gasteiger charge is 2.25. The first-order valence-corrected chi connectivity index (χ1v) is 19.3. The van der Waals surface area contributed by atoms with E-state index in [0.717, 1.165) is 0 Å². The van der Waals surface area contributed by atoms with Crippen LogP contribution in [0.15, 0.2) is 97.3 Å². The van der Waals surface area contributed by atoms with Crippen LogP contribution in [0.25, 0.3) is 21.8 Å². The lowest BCUT2D eigenvalue weighted by atomic mass is 10.1. The Morgan fingerprint density at radius 1 is 0.672 bits per heavy atom. The normalized spacial score (nSPS) is 10.4. The number of hydrogen-bond acceptors (Lipinski definition) is 14. The lowest BCUT2D eigenvalue weighted by Crippen LogP contribution is -2.25. The molecule has 6 aromatic rings. The lowest BCUT2D eigenvalue weighted by Gasteiger charge is -2.13. The molecule has 0 amide bonds. The highest BCUT2D eigenvalue weighted by molar-refractivity contribution is 6.63. The SMILES string of the molecule is CCOC(=O)Cc1ccc(Oc2ccc3c(ccc[n+]3[O-])c2[N+](=O)[O-])c(OC)c1.CCOC(=O)Cc1ccc(Oc2ccc3ncccc3c2[N+](=O)[O-])c(OC)c1.ClC(Cl)Cl. The van der Waals surface area contributed by atoms with Crippen molar-refractivity contribution in [2.45, 2.75) is 31.0 Å². The average Bonchev–Trinajstić information content (AvgIpc) is 3.21. The van der Waals surface area contributed by atoms with Crippen molar-refractivity contribution < 1.29 is 52.6 Å². The number of pyridine rings is 2. The largest absolute Gasteiger partial charge is 0.618 e. The second kappa shape index (κ2) is 22.6. The van der Waals surface area contributed by atoms with Crippen LogP contribution >= 0.6 is 34.8 Å². The van der Waals surface area contributed by atoms with Gasteiger partial charge in [0.2, 0.25) is 17.0 Å². The third-order valence-electron chi connectivity index (χ3n) is 8.17. The molecule has 61 heavy (non-hydrogen) atoms. The van der Waals surface area contributed by atoms with Crippen LogP contribution in [0, 0.1) is 25.4 Å². The molecule has 0 N–H and O–H groups in total. The molecule has 4 aromatic carbocycles. The van der Waals surface area contributed by atoms with Crippen LogP contribution in [0.3, 0.4) is 0 Å². The van der Waals surface area contributed by atoms with Crippen molar-refractivity contribution >= 4 is 79.9 Å². The van der Waals surface area contributed by atoms with Crippen molar-refractivity contribution in [3.8, 4) is 34.5 Å². The fourth-order valence-electron chi connectivity index (χ4n) is 5.70. The average molecular weight is 900 g/mol. The summed E-state index contributed by atoms with van der Waals surface area (Å²) in [6.45, 7) is 4.05. The summed E-state index contributed by atoms with van der Waals surface area (Å²) in [6.07, 6.45) is 2.98. The van der Waals surface area contributed by atoms with E-state index in [1.54, 1.807) is 74.6 Å². The summed E-state index contributed by atoms with van der Waals surface area (Å²) >= 11 is 14.4. The highest BCUT2D eigenvalue weighted by atomic mass is 35.6. The van der Waals surface area contributed by atoms with E-state index in [-0.39, 0.29) is 70.9 Å². The van der Waals surface area contributed by atoms with Crippen molar-refractivity contribution in [1.82, 2.24) is 4.98 Å². The van der Waals surface area contributed by atoms with Crippen LogP contribution in [0.2, 0.25) is 0 Å². The van der Waals surface area contributed by atoms with E-state index in [4.69, 9.17) is 63.2 Å². The number of methoxy groups -OCH3 is 2. The first-order valence-electron chi connectivity index (χ1n) is 17.9. The quantitative estimate of drug-likeness (QED) is 0.0249. The standard InChI is InChI=1S/C20H18N2O7.C20H18N2O6.CHCl3/c1-3-28-19(23)12-13-6-8-16(18(11-13)27-2)29-17-9-7-15-14(20(17)22(25)26)5-4-10-21(15)24;1-3-27-19(23)12-13-6-8-16(18(11-13)26-2)28-17-9-7-15-14(5-4-10-21-15)20(17)22(24)25;2-1(3)4/h4-11H,3,12H2,1-2H3;4-11H,3,12H2,1-2H3;1H. The second-order valence-electron chi connectivity index (χ2n) is 12.1. The third-order valence-corrected chi connectivity index (χ3v) is 8.17. The molecule has 0 aliphatic heterocycles. The van der Waals surface area contributed by atoms with Crippen LogP contribution in [-0.2, 0) is 31.9 Å². The minimum atomic E-state index is -0.750. The zero-order valence-corrected chi connectivity index (χ0v) is 35.1. The topological polar surface area (TPSA) is 216 Å². The number of benzene rings is 4. The van der Waals surface area contributed by atoms with Gasteiger partial charge in [-0.2, -0.15) is 4.73 Å². The van der Waals surface area contributed by atoms with E-state index >= 15 is 0 Å². The van der Waals surface area contributed by atoms with Gasteiger partial charge >= 0.3 is 23.3 Å². The number of nitrogens with zero attached hydrogens (tertiary/aromatic N) is 4. The van der Waals surface area contributed by atoms with E-state index < -0.39 is 14.1 Å². The fourth-order valence-corrected chi connectivity index (χ4v) is 5.70. The molecule has 320 valence electrons. The number of ether oxygens (including phenoxy) is 6. The number of rotatable bonds is 14. The Labute approximate surface area is 363 Å². The third kappa shape index (κ3) is 12.9. The van der Waals surface area contributed by atoms with Gasteiger partial charge in [-0.25, -0.2) is 0 Å². The van der Waals surface area contributed by atoms with Crippen molar-refractivity contribution in [2.24, 2.45) is 0 Å². The van der Waals surface area contributed by atoms with Gasteiger partial charge in [0, 0.05) is 18.3 Å². The summed E-state index contributed by atoms with van der Waals surface area (Å²) in [5.41, 5.74) is 1.48. The van der Waals surface area contributed by atoms with Crippen molar-refractivity contribution in [3.63, 3.8) is 0 Å². The number of aromatic nitrogens is 2. The van der Waals surface area contributed by atoms with Crippen LogP contribution < -0.4 is 23.7 Å². The van der Waals surface area contributed by atoms with Crippen molar-refractivity contribution in [3.05, 3.63) is 134 Å². The molecule has 0 atom stereocenters. The van der Waals surface area contributed by atoms with Gasteiger partial charge in [0.15, 0.2) is 33.5 Å². The fraction of sp³-hybridized carbons (Fsp3) is 0.220. The molecule has 0 aliphatic carbocycles. The molecule has 0 unspecified atom stereocenters. The Kier molecular flexibility index (Phi) is 17.4. The van der Waals surface area contributed by atoms with E-state index in [2.05, 4.69) is 4.98 Å².